The van der Waals surface area contributed by atoms with E-state index in [0.717, 1.165) is 51.4 Å². The van der Waals surface area contributed by atoms with Gasteiger partial charge in [-0.3, -0.25) is 13.8 Å². The molecule has 3 atom stereocenters. The van der Waals surface area contributed by atoms with Gasteiger partial charge in [0.1, 0.15) is 13.2 Å². The zero-order valence-electron chi connectivity index (χ0n) is 55.1. The van der Waals surface area contributed by atoms with E-state index in [2.05, 4.69) is 55.6 Å². The number of aliphatic hydroxyl groups excluding tert-OH is 1. The molecule has 0 aromatic carbocycles. The van der Waals surface area contributed by atoms with Crippen LogP contribution in [0.2, 0.25) is 0 Å². The fraction of sp³-hybridized carbons (Fsp3) is 0.903. The number of allylic oxidation sites excluding steroid dienone is 6. The second-order valence-corrected chi connectivity index (χ2v) is 27.4. The first kappa shape index (κ1) is 79.7. The molecule has 8 nitrogen and oxygen atoms in total. The number of aliphatic hydroxyl groups is 1. The Bertz CT molecular complexity index is 1410. The summed E-state index contributed by atoms with van der Waals surface area (Å²) in [4.78, 5) is 23.5. The van der Waals surface area contributed by atoms with Gasteiger partial charge < -0.3 is 19.8 Å². The summed E-state index contributed by atoms with van der Waals surface area (Å²) in [6.45, 7) is 4.93. The average Bonchev–Trinajstić information content (AvgIpc) is 3.43. The van der Waals surface area contributed by atoms with Crippen LogP contribution in [-0.2, 0) is 18.4 Å². The minimum Gasteiger partial charge on any atom is -0.391 e. The molecule has 0 spiro atoms. The Balaban J connectivity index is 4.01. The van der Waals surface area contributed by atoms with Crippen LogP contribution in [0.1, 0.15) is 367 Å². The number of carbonyl (C=O) groups is 1. The van der Waals surface area contributed by atoms with Gasteiger partial charge in [0.15, 0.2) is 0 Å². The van der Waals surface area contributed by atoms with Gasteiger partial charge in [0.25, 0.3) is 0 Å². The molecule has 1 amide bonds. The maximum absolute atomic E-state index is 13.1. The maximum Gasteiger partial charge on any atom is 0.472 e. The number of likely N-dealkylation sites (N-methyl/N-ethyl adjacent to an activating group) is 1. The van der Waals surface area contributed by atoms with Crippen molar-refractivity contribution in [3.05, 3.63) is 36.5 Å². The first-order valence-corrected chi connectivity index (χ1v) is 37.3. The Morgan fingerprint density at radius 1 is 0.420 bits per heavy atom. The van der Waals surface area contributed by atoms with E-state index in [1.807, 2.05) is 21.1 Å². The van der Waals surface area contributed by atoms with E-state index < -0.39 is 20.0 Å². The summed E-state index contributed by atoms with van der Waals surface area (Å²) in [5.74, 6) is -0.141. The summed E-state index contributed by atoms with van der Waals surface area (Å²) in [6, 6.07) is -0.764. The smallest absolute Gasteiger partial charge is 0.391 e. The third-order valence-electron chi connectivity index (χ3n) is 16.6. The second-order valence-electron chi connectivity index (χ2n) is 26.0. The standard InChI is InChI=1S/C72H141N2O6P/c1-6-8-10-12-14-16-18-20-22-24-26-28-30-32-34-35-36-37-38-40-41-43-45-47-49-51-53-55-57-59-61-63-65-71(75)70(69-80-81(77,78)79-68-67-74(3,4)5)73-72(76)66-64-62-60-58-56-54-52-50-48-46-44-42-39-33-31-29-27-25-23-21-19-17-15-13-11-9-7-2/h19,21,25,27,31,33,70-71,75H,6-18,20,22-24,26,28-30,32,34-69H2,1-5H3,(H-,73,76,77,78)/p+1/b21-19-,27-25-,33-31-. The predicted octanol–water partition coefficient (Wildman–Crippen LogP) is 22.8. The number of hydrogen-bond acceptors (Lipinski definition) is 5. The van der Waals surface area contributed by atoms with Gasteiger partial charge in [-0.05, 0) is 51.4 Å². The van der Waals surface area contributed by atoms with Crippen LogP contribution in [0.4, 0.5) is 0 Å². The predicted molar refractivity (Wildman–Crippen MR) is 355 cm³/mol. The monoisotopic (exact) mass is 1160 g/mol. The van der Waals surface area contributed by atoms with Gasteiger partial charge in [0, 0.05) is 6.42 Å². The van der Waals surface area contributed by atoms with Crippen LogP contribution in [0.5, 0.6) is 0 Å². The first-order chi connectivity index (χ1) is 39.5. The number of rotatable bonds is 67. The van der Waals surface area contributed by atoms with Crippen LogP contribution in [0.25, 0.3) is 0 Å². The lowest BCUT2D eigenvalue weighted by Crippen LogP contribution is -2.46. The SMILES string of the molecule is CCCCCCC/C=C\C/C=C\C/C=C\CCCCCCCCCCCCCCC(=O)NC(COP(=O)(O)OCC[N+](C)(C)C)C(O)CCCCCCCCCCCCCCCCCCCCCCCCCCCCCCCCCC. The van der Waals surface area contributed by atoms with Crippen LogP contribution in [-0.4, -0.2) is 73.4 Å². The zero-order chi connectivity index (χ0) is 59.1. The highest BCUT2D eigenvalue weighted by atomic mass is 31.2. The van der Waals surface area contributed by atoms with Crippen LogP contribution in [0.3, 0.4) is 0 Å². The largest absolute Gasteiger partial charge is 0.472 e. The van der Waals surface area contributed by atoms with E-state index in [9.17, 15) is 19.4 Å². The molecule has 0 rings (SSSR count). The fourth-order valence-corrected chi connectivity index (χ4v) is 11.8. The van der Waals surface area contributed by atoms with Crippen molar-refractivity contribution in [2.75, 3.05) is 40.9 Å². The van der Waals surface area contributed by atoms with Gasteiger partial charge in [-0.2, -0.15) is 0 Å². The van der Waals surface area contributed by atoms with Gasteiger partial charge in [-0.25, -0.2) is 4.57 Å². The molecule has 0 bridgehead atoms. The van der Waals surface area contributed by atoms with E-state index in [0.29, 0.717) is 23.9 Å². The van der Waals surface area contributed by atoms with Gasteiger partial charge in [-0.1, -0.05) is 346 Å². The van der Waals surface area contributed by atoms with E-state index in [4.69, 9.17) is 9.05 Å². The van der Waals surface area contributed by atoms with Gasteiger partial charge >= 0.3 is 7.82 Å². The molecule has 0 fully saturated rings. The number of phosphoric ester groups is 1. The number of phosphoric acid groups is 1. The Labute approximate surface area is 506 Å². The van der Waals surface area contributed by atoms with Gasteiger partial charge in [0.05, 0.1) is 39.9 Å². The van der Waals surface area contributed by atoms with E-state index in [-0.39, 0.29) is 19.1 Å². The van der Waals surface area contributed by atoms with Crippen molar-refractivity contribution in [2.24, 2.45) is 0 Å². The molecule has 480 valence electrons. The van der Waals surface area contributed by atoms with Gasteiger partial charge in [-0.15, -0.1) is 0 Å². The molecular formula is C72H142N2O6P+. The lowest BCUT2D eigenvalue weighted by atomic mass is 10.0. The minimum absolute atomic E-state index is 0.0752. The van der Waals surface area contributed by atoms with Crippen LogP contribution >= 0.6 is 7.82 Å². The lowest BCUT2D eigenvalue weighted by Gasteiger charge is -2.26. The molecule has 0 saturated heterocycles. The Kier molecular flexibility index (Phi) is 62.2. The molecular weight excluding hydrogens is 1020 g/mol. The van der Waals surface area contributed by atoms with Crippen LogP contribution < -0.4 is 5.32 Å². The quantitative estimate of drug-likeness (QED) is 0.0243. The molecule has 0 saturated carbocycles. The second kappa shape index (κ2) is 63.2. The summed E-state index contributed by atoms with van der Waals surface area (Å²) in [6.07, 6.45) is 83.9. The summed E-state index contributed by atoms with van der Waals surface area (Å²) in [5.41, 5.74) is 0. The Hall–Kier alpha value is -1.28. The molecule has 9 heteroatoms. The van der Waals surface area contributed by atoms with Crippen molar-refractivity contribution >= 4 is 13.7 Å². The third-order valence-corrected chi connectivity index (χ3v) is 17.6. The maximum atomic E-state index is 13.1. The number of carbonyl (C=O) groups excluding carboxylic acids is 1. The fourth-order valence-electron chi connectivity index (χ4n) is 11.1. The topological polar surface area (TPSA) is 105 Å². The normalized spacial score (nSPS) is 13.8. The average molecular weight is 1160 g/mol. The number of amides is 1. The Morgan fingerprint density at radius 3 is 1.02 bits per heavy atom. The summed E-state index contributed by atoms with van der Waals surface area (Å²) in [5, 5.41) is 14.2. The first-order valence-electron chi connectivity index (χ1n) is 35.9. The molecule has 0 aliphatic heterocycles. The van der Waals surface area contributed by atoms with E-state index >= 15 is 0 Å². The third kappa shape index (κ3) is 66.1. The lowest BCUT2D eigenvalue weighted by molar-refractivity contribution is -0.870. The number of quaternary nitrogens is 1. The molecule has 81 heavy (non-hydrogen) atoms. The minimum atomic E-state index is -4.33. The molecule has 0 aromatic rings. The van der Waals surface area contributed by atoms with E-state index in [1.165, 1.54) is 289 Å². The molecule has 0 aliphatic rings. The summed E-state index contributed by atoms with van der Waals surface area (Å²) in [7, 11) is 1.63. The Morgan fingerprint density at radius 2 is 0.704 bits per heavy atom. The molecule has 0 aliphatic carbocycles. The zero-order valence-corrected chi connectivity index (χ0v) is 55.9. The highest BCUT2D eigenvalue weighted by Gasteiger charge is 2.28. The van der Waals surface area contributed by atoms with Crippen molar-refractivity contribution in [3.8, 4) is 0 Å². The number of nitrogens with one attached hydrogen (secondary N) is 1. The van der Waals surface area contributed by atoms with Crippen molar-refractivity contribution in [1.82, 2.24) is 5.32 Å². The van der Waals surface area contributed by atoms with Crippen LogP contribution in [0, 0.1) is 0 Å². The number of hydrogen-bond donors (Lipinski definition) is 3. The molecule has 3 unspecified atom stereocenters. The number of unbranched alkanes of at least 4 members (excludes halogenated alkanes) is 48. The number of nitrogens with zero attached hydrogens (tertiary/aromatic N) is 1. The van der Waals surface area contributed by atoms with Crippen molar-refractivity contribution in [3.63, 3.8) is 0 Å². The molecule has 0 radical (unpaired) electrons. The van der Waals surface area contributed by atoms with Crippen LogP contribution in [0.15, 0.2) is 36.5 Å². The highest BCUT2D eigenvalue weighted by Crippen LogP contribution is 2.43. The van der Waals surface area contributed by atoms with Crippen molar-refractivity contribution in [1.29, 1.82) is 0 Å². The summed E-state index contributed by atoms with van der Waals surface area (Å²) < 4.78 is 23.9. The summed E-state index contributed by atoms with van der Waals surface area (Å²) >= 11 is 0. The van der Waals surface area contributed by atoms with Crippen molar-refractivity contribution in [2.45, 2.75) is 379 Å². The van der Waals surface area contributed by atoms with Gasteiger partial charge in [0.2, 0.25) is 5.91 Å². The molecule has 0 aromatic heterocycles. The molecule has 0 heterocycles. The van der Waals surface area contributed by atoms with E-state index in [1.54, 1.807) is 0 Å². The van der Waals surface area contributed by atoms with Crippen molar-refractivity contribution < 1.29 is 32.9 Å². The highest BCUT2D eigenvalue weighted by molar-refractivity contribution is 7.47. The molecule has 3 N–H and O–H groups in total.